The molecule has 1 rings (SSSR count). The predicted octanol–water partition coefficient (Wildman–Crippen LogP) is -0.354. The number of rotatable bonds is 3. The molecule has 0 saturated heterocycles. The van der Waals surface area contributed by atoms with Crippen molar-refractivity contribution in [2.75, 3.05) is 12.8 Å². The van der Waals surface area contributed by atoms with Crippen LogP contribution in [0.15, 0.2) is 6.20 Å². The summed E-state index contributed by atoms with van der Waals surface area (Å²) >= 11 is 0. The predicted molar refractivity (Wildman–Crippen MR) is 48.7 cm³/mol. The second-order valence-corrected chi connectivity index (χ2v) is 2.78. The molecular weight excluding hydrogens is 207 g/mol. The minimum atomic E-state index is -3.20. The Bertz CT molecular complexity index is 362. The van der Waals surface area contributed by atoms with E-state index in [0.717, 1.165) is 6.20 Å². The molecule has 0 aliphatic heterocycles. The summed E-state index contributed by atoms with van der Waals surface area (Å²) in [6, 6.07) is 0. The Morgan fingerprint density at radius 2 is 2.27 bits per heavy atom. The lowest BCUT2D eigenvalue weighted by Crippen LogP contribution is -2.35. The van der Waals surface area contributed by atoms with Gasteiger partial charge in [-0.3, -0.25) is 0 Å². The molecule has 2 radical (unpaired) electrons. The molecule has 1 heterocycles. The van der Waals surface area contributed by atoms with Crippen LogP contribution < -0.4 is 10.5 Å². The first-order valence-electron chi connectivity index (χ1n) is 3.86. The van der Waals surface area contributed by atoms with Gasteiger partial charge in [-0.15, -0.1) is 0 Å². The third-order valence-electron chi connectivity index (χ3n) is 1.73. The lowest BCUT2D eigenvalue weighted by Gasteiger charge is -2.24. The van der Waals surface area contributed by atoms with Crippen molar-refractivity contribution < 1.29 is 18.6 Å². The lowest BCUT2D eigenvalue weighted by atomic mass is 9.77. The Labute approximate surface area is 85.7 Å². The molecule has 0 spiro atoms. The number of hydrogen-bond acceptors (Lipinski definition) is 5. The van der Waals surface area contributed by atoms with E-state index >= 15 is 0 Å². The highest BCUT2D eigenvalue weighted by atomic mass is 19.3. The Hall–Kier alpha value is -1.44. The fourth-order valence-corrected chi connectivity index (χ4v) is 0.927. The van der Waals surface area contributed by atoms with Gasteiger partial charge in [0, 0.05) is 6.20 Å². The number of nitrogen functional groups attached to an aromatic ring is 1. The lowest BCUT2D eigenvalue weighted by molar-refractivity contribution is -0.0421. The van der Waals surface area contributed by atoms with Crippen molar-refractivity contribution in [3.8, 4) is 5.88 Å². The molecule has 1 atom stereocenters. The van der Waals surface area contributed by atoms with Crippen LogP contribution in [0.25, 0.3) is 0 Å². The Morgan fingerprint density at radius 3 is 2.73 bits per heavy atom. The summed E-state index contributed by atoms with van der Waals surface area (Å²) in [5.41, 5.74) is 1.93. The van der Waals surface area contributed by atoms with Gasteiger partial charge in [-0.1, -0.05) is 0 Å². The molecule has 3 N–H and O–H groups in total. The van der Waals surface area contributed by atoms with Crippen molar-refractivity contribution in [3.63, 3.8) is 0 Å². The molecule has 1 aromatic heterocycles. The zero-order valence-corrected chi connectivity index (χ0v) is 7.82. The summed E-state index contributed by atoms with van der Waals surface area (Å²) in [6.07, 6.45) is -2.30. The normalized spacial score (nSPS) is 15.0. The molecule has 0 bridgehead atoms. The molecule has 0 saturated carbocycles. The second kappa shape index (κ2) is 3.97. The molecule has 0 fully saturated rings. The maximum absolute atomic E-state index is 12.4. The van der Waals surface area contributed by atoms with Gasteiger partial charge in [0.15, 0.2) is 0 Å². The van der Waals surface area contributed by atoms with E-state index in [4.69, 9.17) is 13.6 Å². The summed E-state index contributed by atoms with van der Waals surface area (Å²) in [4.78, 5) is 6.96. The molecule has 0 aliphatic carbocycles. The molecule has 0 aromatic carbocycles. The largest absolute Gasteiger partial charge is 0.481 e. The van der Waals surface area contributed by atoms with Gasteiger partial charge < -0.3 is 15.6 Å². The summed E-state index contributed by atoms with van der Waals surface area (Å²) in [7, 11) is 6.20. The van der Waals surface area contributed by atoms with Crippen LogP contribution in [0.1, 0.15) is 5.56 Å². The summed E-state index contributed by atoms with van der Waals surface area (Å²) in [5.74, 6) is -0.450. The van der Waals surface area contributed by atoms with Crippen LogP contribution in [0.5, 0.6) is 5.88 Å². The second-order valence-electron chi connectivity index (χ2n) is 2.78. The van der Waals surface area contributed by atoms with Crippen molar-refractivity contribution in [3.05, 3.63) is 11.8 Å². The Morgan fingerprint density at radius 1 is 1.67 bits per heavy atom. The first kappa shape index (κ1) is 11.6. The van der Waals surface area contributed by atoms with Gasteiger partial charge in [0.2, 0.25) is 11.8 Å². The van der Waals surface area contributed by atoms with E-state index in [1.54, 1.807) is 0 Å². The summed E-state index contributed by atoms with van der Waals surface area (Å²) < 4.78 is 29.5. The molecule has 0 amide bonds. The third-order valence-corrected chi connectivity index (χ3v) is 1.73. The van der Waals surface area contributed by atoms with Gasteiger partial charge >= 0.3 is 0 Å². The number of aliphatic hydroxyl groups is 1. The van der Waals surface area contributed by atoms with Crippen molar-refractivity contribution in [1.29, 1.82) is 0 Å². The van der Waals surface area contributed by atoms with Crippen LogP contribution >= 0.6 is 0 Å². The fraction of sp³-hybridized carbons (Fsp3) is 0.429. The molecule has 5 nitrogen and oxygen atoms in total. The van der Waals surface area contributed by atoms with Gasteiger partial charge in [0.05, 0.1) is 12.7 Å². The quantitative estimate of drug-likeness (QED) is 0.673. The monoisotopic (exact) mass is 215 g/mol. The Balaban J connectivity index is 3.24. The van der Waals surface area contributed by atoms with Crippen molar-refractivity contribution in [2.24, 2.45) is 0 Å². The van der Waals surface area contributed by atoms with E-state index in [2.05, 4.69) is 14.7 Å². The van der Waals surface area contributed by atoms with E-state index in [0.29, 0.717) is 0 Å². The summed E-state index contributed by atoms with van der Waals surface area (Å²) in [6.45, 7) is 0. The highest BCUT2D eigenvalue weighted by molar-refractivity contribution is 6.15. The van der Waals surface area contributed by atoms with Gasteiger partial charge in [-0.05, 0) is 0 Å². The average molecular weight is 215 g/mol. The smallest absolute Gasteiger partial charge is 0.262 e. The molecule has 1 aromatic rings. The van der Waals surface area contributed by atoms with Crippen LogP contribution in [0.4, 0.5) is 14.7 Å². The van der Waals surface area contributed by atoms with Crippen LogP contribution in [0, 0.1) is 0 Å². The average Bonchev–Trinajstić information content (AvgIpc) is 2.16. The standard InChI is InChI=1S/C7H8BF2N3O2/c1-15-4-3(2-12-6(11)13-4)7(8,14)5(9)10/h2,5,14H,1H3,(H2,11,12,13). The number of methoxy groups -OCH3 is 1. The highest BCUT2D eigenvalue weighted by Gasteiger charge is 2.37. The van der Waals surface area contributed by atoms with Crippen LogP contribution in [-0.4, -0.2) is 36.5 Å². The fourth-order valence-electron chi connectivity index (χ4n) is 0.927. The first-order valence-corrected chi connectivity index (χ1v) is 3.86. The van der Waals surface area contributed by atoms with Crippen molar-refractivity contribution in [1.82, 2.24) is 9.97 Å². The molecule has 15 heavy (non-hydrogen) atoms. The maximum atomic E-state index is 12.4. The molecule has 8 heteroatoms. The van der Waals surface area contributed by atoms with E-state index in [9.17, 15) is 13.9 Å². The minimum Gasteiger partial charge on any atom is -0.481 e. The number of aromatic nitrogens is 2. The zero-order valence-electron chi connectivity index (χ0n) is 7.82. The van der Waals surface area contributed by atoms with E-state index in [1.807, 2.05) is 0 Å². The molecule has 0 aliphatic rings. The SMILES string of the molecule is [B]C(O)(c1cnc(N)nc1OC)C(F)F. The Kier molecular flexibility index (Phi) is 3.08. The first-order chi connectivity index (χ1) is 6.89. The number of anilines is 1. The van der Waals surface area contributed by atoms with Crippen molar-refractivity contribution >= 4 is 13.8 Å². The molecule has 80 valence electrons. The molecular formula is C7H8BF2N3O2. The van der Waals surface area contributed by atoms with Gasteiger partial charge in [0.25, 0.3) is 6.43 Å². The van der Waals surface area contributed by atoms with E-state index in [-0.39, 0.29) is 11.8 Å². The minimum absolute atomic E-state index is 0.166. The maximum Gasteiger partial charge on any atom is 0.262 e. The van der Waals surface area contributed by atoms with Crippen molar-refractivity contribution in [2.45, 2.75) is 11.9 Å². The zero-order chi connectivity index (χ0) is 11.6. The van der Waals surface area contributed by atoms with E-state index in [1.165, 1.54) is 7.11 Å². The number of hydrogen-bond donors (Lipinski definition) is 2. The van der Waals surface area contributed by atoms with Gasteiger partial charge in [0.1, 0.15) is 13.3 Å². The van der Waals surface area contributed by atoms with Crippen LogP contribution in [0.2, 0.25) is 0 Å². The number of nitrogens with zero attached hydrogens (tertiary/aromatic N) is 2. The highest BCUT2D eigenvalue weighted by Crippen LogP contribution is 2.30. The van der Waals surface area contributed by atoms with Gasteiger partial charge in [-0.25, -0.2) is 13.8 Å². The van der Waals surface area contributed by atoms with Gasteiger partial charge in [-0.2, -0.15) is 4.98 Å². The van der Waals surface area contributed by atoms with Crippen LogP contribution in [0.3, 0.4) is 0 Å². The molecule has 1 unspecified atom stereocenters. The third kappa shape index (κ3) is 2.15. The number of nitrogens with two attached hydrogens (primary N) is 1. The number of ether oxygens (including phenoxy) is 1. The number of alkyl halides is 2. The topological polar surface area (TPSA) is 81.3 Å². The summed E-state index contributed by atoms with van der Waals surface area (Å²) in [5, 5.41) is 9.29. The number of halogens is 2. The van der Waals surface area contributed by atoms with Crippen LogP contribution in [-0.2, 0) is 5.50 Å². The van der Waals surface area contributed by atoms with E-state index < -0.39 is 17.5 Å².